The number of nitrogens with one attached hydrogen (secondary N) is 1. The summed E-state index contributed by atoms with van der Waals surface area (Å²) in [6.45, 7) is 4.65. The average molecular weight is 305 g/mol. The summed E-state index contributed by atoms with van der Waals surface area (Å²) in [6.07, 6.45) is 3.47. The number of H-pyrrole nitrogens is 1. The SMILES string of the molecule is CCc1cc(=O)[nH]c(C2CCCN(C(=O)C3CCOC3)C2)n1. The predicted octanol–water partition coefficient (Wildman–Crippen LogP) is 1.07. The minimum Gasteiger partial charge on any atom is -0.381 e. The Bertz CT molecular complexity index is 593. The molecule has 3 rings (SSSR count). The number of carbonyl (C=O) groups excluding carboxylic acids is 1. The van der Waals surface area contributed by atoms with E-state index in [4.69, 9.17) is 4.74 Å². The zero-order valence-corrected chi connectivity index (χ0v) is 13.0. The molecule has 0 spiro atoms. The first-order chi connectivity index (χ1) is 10.7. The van der Waals surface area contributed by atoms with Gasteiger partial charge in [-0.05, 0) is 25.7 Å². The molecule has 2 unspecified atom stereocenters. The summed E-state index contributed by atoms with van der Waals surface area (Å²) in [7, 11) is 0. The maximum Gasteiger partial charge on any atom is 0.251 e. The van der Waals surface area contributed by atoms with Crippen LogP contribution >= 0.6 is 0 Å². The van der Waals surface area contributed by atoms with Crippen molar-refractivity contribution in [1.29, 1.82) is 0 Å². The zero-order chi connectivity index (χ0) is 15.5. The molecule has 0 aromatic carbocycles. The van der Waals surface area contributed by atoms with Gasteiger partial charge in [0.1, 0.15) is 5.82 Å². The molecule has 3 heterocycles. The molecule has 2 fully saturated rings. The molecule has 22 heavy (non-hydrogen) atoms. The van der Waals surface area contributed by atoms with Crippen LogP contribution in [0.25, 0.3) is 0 Å². The highest BCUT2D eigenvalue weighted by molar-refractivity contribution is 5.79. The lowest BCUT2D eigenvalue weighted by atomic mass is 9.95. The second kappa shape index (κ2) is 6.60. The van der Waals surface area contributed by atoms with Gasteiger partial charge in [-0.15, -0.1) is 0 Å². The van der Waals surface area contributed by atoms with E-state index in [0.717, 1.165) is 43.7 Å². The molecule has 120 valence electrons. The highest BCUT2D eigenvalue weighted by atomic mass is 16.5. The largest absolute Gasteiger partial charge is 0.381 e. The van der Waals surface area contributed by atoms with E-state index in [1.807, 2.05) is 11.8 Å². The maximum atomic E-state index is 12.5. The van der Waals surface area contributed by atoms with E-state index in [2.05, 4.69) is 9.97 Å². The lowest BCUT2D eigenvalue weighted by Crippen LogP contribution is -2.43. The number of aromatic amines is 1. The van der Waals surface area contributed by atoms with Crippen molar-refractivity contribution in [2.75, 3.05) is 26.3 Å². The summed E-state index contributed by atoms with van der Waals surface area (Å²) >= 11 is 0. The predicted molar refractivity (Wildman–Crippen MR) is 81.7 cm³/mol. The number of nitrogens with zero attached hydrogens (tertiary/aromatic N) is 2. The van der Waals surface area contributed by atoms with Gasteiger partial charge < -0.3 is 14.6 Å². The fraction of sp³-hybridized carbons (Fsp3) is 0.688. The van der Waals surface area contributed by atoms with Crippen molar-refractivity contribution in [3.05, 3.63) is 27.9 Å². The normalized spacial score (nSPS) is 25.4. The van der Waals surface area contributed by atoms with Gasteiger partial charge in [0.25, 0.3) is 5.56 Å². The molecule has 2 aliphatic heterocycles. The second-order valence-corrected chi connectivity index (χ2v) is 6.16. The van der Waals surface area contributed by atoms with Crippen molar-refractivity contribution in [2.24, 2.45) is 5.92 Å². The first kappa shape index (κ1) is 15.2. The second-order valence-electron chi connectivity index (χ2n) is 6.16. The van der Waals surface area contributed by atoms with E-state index in [0.29, 0.717) is 19.8 Å². The number of rotatable bonds is 3. The Morgan fingerprint density at radius 3 is 3.09 bits per heavy atom. The van der Waals surface area contributed by atoms with Crippen molar-refractivity contribution in [3.8, 4) is 0 Å². The Kier molecular flexibility index (Phi) is 4.57. The van der Waals surface area contributed by atoms with Gasteiger partial charge in [-0.3, -0.25) is 9.59 Å². The zero-order valence-electron chi connectivity index (χ0n) is 13.0. The summed E-state index contributed by atoms with van der Waals surface area (Å²) in [5.74, 6) is 1.05. The number of ether oxygens (including phenoxy) is 1. The van der Waals surface area contributed by atoms with Crippen LogP contribution in [0.1, 0.15) is 43.6 Å². The van der Waals surface area contributed by atoms with Crippen molar-refractivity contribution in [2.45, 2.75) is 38.5 Å². The molecule has 2 atom stereocenters. The third-order valence-electron chi connectivity index (χ3n) is 4.57. The van der Waals surface area contributed by atoms with Crippen LogP contribution in [0.3, 0.4) is 0 Å². The molecule has 1 aromatic rings. The molecule has 1 amide bonds. The van der Waals surface area contributed by atoms with Crippen molar-refractivity contribution in [3.63, 3.8) is 0 Å². The summed E-state index contributed by atoms with van der Waals surface area (Å²) in [6, 6.07) is 1.55. The Balaban J connectivity index is 1.73. The first-order valence-electron chi connectivity index (χ1n) is 8.14. The third-order valence-corrected chi connectivity index (χ3v) is 4.57. The van der Waals surface area contributed by atoms with E-state index in [1.165, 1.54) is 0 Å². The lowest BCUT2D eigenvalue weighted by molar-refractivity contribution is -0.136. The van der Waals surface area contributed by atoms with Crippen LogP contribution < -0.4 is 5.56 Å². The van der Waals surface area contributed by atoms with Crippen LogP contribution in [0, 0.1) is 5.92 Å². The molecule has 6 heteroatoms. The quantitative estimate of drug-likeness (QED) is 0.906. The van der Waals surface area contributed by atoms with Gasteiger partial charge in [-0.1, -0.05) is 6.92 Å². The molecule has 0 aliphatic carbocycles. The number of aromatic nitrogens is 2. The van der Waals surface area contributed by atoms with Crippen LogP contribution in [-0.2, 0) is 16.0 Å². The molecule has 1 aromatic heterocycles. The number of amides is 1. The van der Waals surface area contributed by atoms with Crippen LogP contribution in [0.2, 0.25) is 0 Å². The molecular formula is C16H23N3O3. The molecule has 0 saturated carbocycles. The molecule has 1 N–H and O–H groups in total. The maximum absolute atomic E-state index is 12.5. The average Bonchev–Trinajstić information content (AvgIpc) is 3.08. The highest BCUT2D eigenvalue weighted by Gasteiger charge is 2.32. The van der Waals surface area contributed by atoms with Crippen LogP contribution in [0.4, 0.5) is 0 Å². The molecule has 0 radical (unpaired) electrons. The minimum atomic E-state index is -0.102. The molecule has 6 nitrogen and oxygen atoms in total. The van der Waals surface area contributed by atoms with Crippen LogP contribution in [-0.4, -0.2) is 47.1 Å². The fourth-order valence-electron chi connectivity index (χ4n) is 3.29. The van der Waals surface area contributed by atoms with E-state index < -0.39 is 0 Å². The number of carbonyl (C=O) groups is 1. The number of hydrogen-bond donors (Lipinski definition) is 1. The Labute approximate surface area is 129 Å². The summed E-state index contributed by atoms with van der Waals surface area (Å²) in [5.41, 5.74) is 0.709. The van der Waals surface area contributed by atoms with Gasteiger partial charge in [0.05, 0.1) is 12.5 Å². The van der Waals surface area contributed by atoms with Crippen LogP contribution in [0.15, 0.2) is 10.9 Å². The fourth-order valence-corrected chi connectivity index (χ4v) is 3.29. The van der Waals surface area contributed by atoms with Gasteiger partial charge in [-0.2, -0.15) is 0 Å². The summed E-state index contributed by atoms with van der Waals surface area (Å²) < 4.78 is 5.32. The van der Waals surface area contributed by atoms with Gasteiger partial charge >= 0.3 is 0 Å². The van der Waals surface area contributed by atoms with Gasteiger partial charge in [0, 0.05) is 37.4 Å². The smallest absolute Gasteiger partial charge is 0.251 e. The van der Waals surface area contributed by atoms with E-state index in [9.17, 15) is 9.59 Å². The molecule has 2 saturated heterocycles. The van der Waals surface area contributed by atoms with E-state index in [1.54, 1.807) is 6.07 Å². The molecule has 2 aliphatic rings. The van der Waals surface area contributed by atoms with Crippen LogP contribution in [0.5, 0.6) is 0 Å². The standard InChI is InChI=1S/C16H23N3O3/c1-2-13-8-14(20)18-15(17-13)11-4-3-6-19(9-11)16(21)12-5-7-22-10-12/h8,11-12H,2-7,9-10H2,1H3,(H,17,18,20). The van der Waals surface area contributed by atoms with Crippen molar-refractivity contribution in [1.82, 2.24) is 14.9 Å². The number of likely N-dealkylation sites (tertiary alicyclic amines) is 1. The highest BCUT2D eigenvalue weighted by Crippen LogP contribution is 2.26. The Morgan fingerprint density at radius 2 is 2.36 bits per heavy atom. The van der Waals surface area contributed by atoms with Gasteiger partial charge in [0.2, 0.25) is 5.91 Å². The number of piperidine rings is 1. The summed E-state index contributed by atoms with van der Waals surface area (Å²) in [5, 5.41) is 0. The van der Waals surface area contributed by atoms with Gasteiger partial charge in [-0.25, -0.2) is 4.98 Å². The summed E-state index contributed by atoms with van der Waals surface area (Å²) in [4.78, 5) is 33.6. The first-order valence-corrected chi connectivity index (χ1v) is 8.14. The van der Waals surface area contributed by atoms with Gasteiger partial charge in [0.15, 0.2) is 0 Å². The molecule has 0 bridgehead atoms. The van der Waals surface area contributed by atoms with Crippen molar-refractivity contribution < 1.29 is 9.53 Å². The van der Waals surface area contributed by atoms with Crippen molar-refractivity contribution >= 4 is 5.91 Å². The van der Waals surface area contributed by atoms with E-state index >= 15 is 0 Å². The Morgan fingerprint density at radius 1 is 1.50 bits per heavy atom. The topological polar surface area (TPSA) is 75.3 Å². The Hall–Kier alpha value is -1.69. The lowest BCUT2D eigenvalue weighted by Gasteiger charge is -2.33. The molecular weight excluding hydrogens is 282 g/mol. The van der Waals surface area contributed by atoms with E-state index in [-0.39, 0.29) is 23.3 Å². The minimum absolute atomic E-state index is 0.00716. The number of aryl methyl sites for hydroxylation is 1. The number of hydrogen-bond acceptors (Lipinski definition) is 4. The monoisotopic (exact) mass is 305 g/mol. The third kappa shape index (κ3) is 3.21.